The molecular weight excluding hydrogens is 272 g/mol. The molecule has 2 N–H and O–H groups in total. The molecule has 0 bridgehead atoms. The Labute approximate surface area is 125 Å². The Morgan fingerprint density at radius 2 is 2.15 bits per heavy atom. The minimum atomic E-state index is 0.135. The van der Waals surface area contributed by atoms with Gasteiger partial charge in [0, 0.05) is 35.9 Å². The van der Waals surface area contributed by atoms with Crippen LogP contribution in [0.2, 0.25) is 5.02 Å². The Balaban J connectivity index is 2.23. The zero-order valence-electron chi connectivity index (χ0n) is 12.0. The van der Waals surface area contributed by atoms with Crippen molar-refractivity contribution >= 4 is 17.3 Å². The minimum Gasteiger partial charge on any atom is -0.472 e. The van der Waals surface area contributed by atoms with E-state index < -0.39 is 0 Å². The SMILES string of the molecule is CCC(N)Cc1c(Cl)cccc1N(C)Cc1ccoc1. The Bertz CT molecular complexity index is 539. The molecule has 1 atom stereocenters. The zero-order chi connectivity index (χ0) is 14.5. The quantitative estimate of drug-likeness (QED) is 0.879. The Morgan fingerprint density at radius 3 is 2.80 bits per heavy atom. The van der Waals surface area contributed by atoms with Gasteiger partial charge in [-0.2, -0.15) is 0 Å². The maximum Gasteiger partial charge on any atom is 0.0952 e. The van der Waals surface area contributed by atoms with Gasteiger partial charge >= 0.3 is 0 Å². The normalized spacial score (nSPS) is 12.4. The summed E-state index contributed by atoms with van der Waals surface area (Å²) in [6.07, 6.45) is 5.19. The first-order chi connectivity index (χ1) is 9.61. The molecule has 4 heteroatoms. The van der Waals surface area contributed by atoms with E-state index in [1.165, 1.54) is 0 Å². The molecule has 0 amide bonds. The van der Waals surface area contributed by atoms with Crippen LogP contribution in [0.4, 0.5) is 5.69 Å². The maximum absolute atomic E-state index is 6.36. The lowest BCUT2D eigenvalue weighted by atomic mass is 10.0. The number of nitrogens with two attached hydrogens (primary N) is 1. The lowest BCUT2D eigenvalue weighted by molar-refractivity contribution is 0.563. The highest BCUT2D eigenvalue weighted by molar-refractivity contribution is 6.31. The average Bonchev–Trinajstić information content (AvgIpc) is 2.93. The summed E-state index contributed by atoms with van der Waals surface area (Å²) >= 11 is 6.36. The number of benzene rings is 1. The molecule has 2 rings (SSSR count). The van der Waals surface area contributed by atoms with Crippen molar-refractivity contribution < 1.29 is 4.42 Å². The maximum atomic E-state index is 6.36. The van der Waals surface area contributed by atoms with Gasteiger partial charge in [-0.1, -0.05) is 24.6 Å². The zero-order valence-corrected chi connectivity index (χ0v) is 12.7. The molecule has 1 unspecified atom stereocenters. The highest BCUT2D eigenvalue weighted by atomic mass is 35.5. The second-order valence-corrected chi connectivity index (χ2v) is 5.50. The minimum absolute atomic E-state index is 0.135. The van der Waals surface area contributed by atoms with Crippen molar-refractivity contribution in [3.05, 3.63) is 52.9 Å². The smallest absolute Gasteiger partial charge is 0.0952 e. The number of hydrogen-bond acceptors (Lipinski definition) is 3. The molecule has 2 aromatic rings. The summed E-state index contributed by atoms with van der Waals surface area (Å²) in [6, 6.07) is 8.09. The molecule has 1 aromatic heterocycles. The van der Waals surface area contributed by atoms with E-state index in [9.17, 15) is 0 Å². The number of hydrogen-bond donors (Lipinski definition) is 1. The first-order valence-electron chi connectivity index (χ1n) is 6.87. The van der Waals surface area contributed by atoms with Gasteiger partial charge in [0.15, 0.2) is 0 Å². The van der Waals surface area contributed by atoms with Crippen molar-refractivity contribution in [2.24, 2.45) is 5.73 Å². The van der Waals surface area contributed by atoms with Crippen LogP contribution >= 0.6 is 11.6 Å². The molecule has 0 fully saturated rings. The Kier molecular flexibility index (Phi) is 5.10. The van der Waals surface area contributed by atoms with Crippen molar-refractivity contribution in [3.63, 3.8) is 0 Å². The third-order valence-electron chi connectivity index (χ3n) is 3.50. The molecule has 20 heavy (non-hydrogen) atoms. The third-order valence-corrected chi connectivity index (χ3v) is 3.85. The van der Waals surface area contributed by atoms with Crippen molar-refractivity contribution in [3.8, 4) is 0 Å². The molecule has 0 saturated carbocycles. The summed E-state index contributed by atoms with van der Waals surface area (Å²) in [5.74, 6) is 0. The Morgan fingerprint density at radius 1 is 1.35 bits per heavy atom. The molecule has 1 aromatic carbocycles. The predicted octanol–water partition coefficient (Wildman–Crippen LogP) is 3.85. The molecule has 108 valence electrons. The fourth-order valence-electron chi connectivity index (χ4n) is 2.26. The molecule has 3 nitrogen and oxygen atoms in total. The highest BCUT2D eigenvalue weighted by Crippen LogP contribution is 2.29. The lowest BCUT2D eigenvalue weighted by Crippen LogP contribution is -2.24. The van der Waals surface area contributed by atoms with Crippen LogP contribution in [0.5, 0.6) is 0 Å². The van der Waals surface area contributed by atoms with Gasteiger partial charge < -0.3 is 15.1 Å². The van der Waals surface area contributed by atoms with Crippen LogP contribution in [-0.4, -0.2) is 13.1 Å². The predicted molar refractivity (Wildman–Crippen MR) is 84.2 cm³/mol. The number of furan rings is 1. The van der Waals surface area contributed by atoms with Crippen LogP contribution in [0.25, 0.3) is 0 Å². The van der Waals surface area contributed by atoms with E-state index in [1.807, 2.05) is 18.2 Å². The van der Waals surface area contributed by atoms with Crippen molar-refractivity contribution in [1.82, 2.24) is 0 Å². The van der Waals surface area contributed by atoms with Gasteiger partial charge in [0.05, 0.1) is 12.5 Å². The van der Waals surface area contributed by atoms with E-state index in [-0.39, 0.29) is 6.04 Å². The molecular formula is C16H21ClN2O. The first kappa shape index (κ1) is 14.9. The van der Waals surface area contributed by atoms with E-state index in [0.717, 1.165) is 41.2 Å². The second-order valence-electron chi connectivity index (χ2n) is 5.10. The molecule has 0 spiro atoms. The van der Waals surface area contributed by atoms with Crippen molar-refractivity contribution in [2.45, 2.75) is 32.4 Å². The topological polar surface area (TPSA) is 42.4 Å². The van der Waals surface area contributed by atoms with Crippen molar-refractivity contribution in [1.29, 1.82) is 0 Å². The highest BCUT2D eigenvalue weighted by Gasteiger charge is 2.14. The van der Waals surface area contributed by atoms with Gasteiger partial charge in [0.1, 0.15) is 0 Å². The Hall–Kier alpha value is -1.45. The van der Waals surface area contributed by atoms with Crippen LogP contribution in [0.15, 0.2) is 41.2 Å². The first-order valence-corrected chi connectivity index (χ1v) is 7.24. The van der Waals surface area contributed by atoms with Crippen LogP contribution < -0.4 is 10.6 Å². The standard InChI is InChI=1S/C16H21ClN2O/c1-3-13(18)9-14-15(17)5-4-6-16(14)19(2)10-12-7-8-20-11-12/h4-8,11,13H,3,9-10,18H2,1-2H3. The van der Waals surface area contributed by atoms with E-state index >= 15 is 0 Å². The summed E-state index contributed by atoms with van der Waals surface area (Å²) in [5, 5.41) is 0.783. The fraction of sp³-hybridized carbons (Fsp3) is 0.375. The molecule has 0 aliphatic carbocycles. The van der Waals surface area contributed by atoms with Crippen LogP contribution in [0.3, 0.4) is 0 Å². The third kappa shape index (κ3) is 3.56. The fourth-order valence-corrected chi connectivity index (χ4v) is 2.50. The molecule has 0 saturated heterocycles. The summed E-state index contributed by atoms with van der Waals surface area (Å²) in [5.41, 5.74) is 9.47. The molecule has 0 aliphatic rings. The summed E-state index contributed by atoms with van der Waals surface area (Å²) in [6.45, 7) is 2.88. The lowest BCUT2D eigenvalue weighted by Gasteiger charge is -2.24. The van der Waals surface area contributed by atoms with E-state index in [1.54, 1.807) is 12.5 Å². The number of halogens is 1. The number of rotatable bonds is 6. The average molecular weight is 293 g/mol. The number of anilines is 1. The molecule has 0 aliphatic heterocycles. The van der Waals surface area contributed by atoms with E-state index in [4.69, 9.17) is 21.8 Å². The number of nitrogens with zero attached hydrogens (tertiary/aromatic N) is 1. The summed E-state index contributed by atoms with van der Waals surface area (Å²) < 4.78 is 5.11. The van der Waals surface area contributed by atoms with Gasteiger partial charge in [-0.3, -0.25) is 0 Å². The summed E-state index contributed by atoms with van der Waals surface area (Å²) in [7, 11) is 2.06. The molecule has 1 heterocycles. The van der Waals surface area contributed by atoms with Crippen molar-refractivity contribution in [2.75, 3.05) is 11.9 Å². The van der Waals surface area contributed by atoms with Crippen LogP contribution in [0.1, 0.15) is 24.5 Å². The van der Waals surface area contributed by atoms with E-state index in [2.05, 4.69) is 24.9 Å². The van der Waals surface area contributed by atoms with Gasteiger partial charge in [-0.15, -0.1) is 0 Å². The van der Waals surface area contributed by atoms with Gasteiger partial charge in [0.2, 0.25) is 0 Å². The second kappa shape index (κ2) is 6.82. The molecule has 0 radical (unpaired) electrons. The van der Waals surface area contributed by atoms with Crippen LogP contribution in [-0.2, 0) is 13.0 Å². The largest absolute Gasteiger partial charge is 0.472 e. The monoisotopic (exact) mass is 292 g/mol. The van der Waals surface area contributed by atoms with Gasteiger partial charge in [-0.05, 0) is 36.6 Å². The van der Waals surface area contributed by atoms with E-state index in [0.29, 0.717) is 0 Å². The summed E-state index contributed by atoms with van der Waals surface area (Å²) in [4.78, 5) is 2.18. The van der Waals surface area contributed by atoms with Gasteiger partial charge in [0.25, 0.3) is 0 Å². The van der Waals surface area contributed by atoms with Crippen LogP contribution in [0, 0.1) is 0 Å². The van der Waals surface area contributed by atoms with Gasteiger partial charge in [-0.25, -0.2) is 0 Å².